The van der Waals surface area contributed by atoms with Crippen molar-refractivity contribution in [2.45, 2.75) is 0 Å². The summed E-state index contributed by atoms with van der Waals surface area (Å²) < 4.78 is 0. The Kier molecular flexibility index (Phi) is 2.04. The van der Waals surface area contributed by atoms with Crippen LogP contribution in [0.4, 0.5) is 5.82 Å². The van der Waals surface area contributed by atoms with Crippen molar-refractivity contribution in [3.05, 3.63) is 23.9 Å². The first-order chi connectivity index (χ1) is 6.85. The third-order valence-electron chi connectivity index (χ3n) is 2.27. The molecule has 1 aromatic rings. The molecule has 0 radical (unpaired) electrons. The van der Waals surface area contributed by atoms with Crippen LogP contribution >= 0.6 is 0 Å². The molecule has 1 saturated heterocycles. The number of nitriles is 2. The van der Waals surface area contributed by atoms with Crippen LogP contribution in [0.5, 0.6) is 0 Å². The Labute approximate surface area is 82.0 Å². The van der Waals surface area contributed by atoms with E-state index in [4.69, 9.17) is 10.5 Å². The molecule has 4 nitrogen and oxygen atoms in total. The Balaban J connectivity index is 2.20. The molecule has 1 aliphatic heterocycles. The van der Waals surface area contributed by atoms with E-state index >= 15 is 0 Å². The average Bonchev–Trinajstić information content (AvgIpc) is 2.17. The molecule has 0 unspecified atom stereocenters. The van der Waals surface area contributed by atoms with Crippen LogP contribution in [-0.4, -0.2) is 18.1 Å². The van der Waals surface area contributed by atoms with E-state index in [1.807, 2.05) is 4.90 Å². The number of pyridine rings is 1. The summed E-state index contributed by atoms with van der Waals surface area (Å²) in [5.74, 6) is 0.782. The van der Waals surface area contributed by atoms with Crippen LogP contribution in [0.2, 0.25) is 0 Å². The quantitative estimate of drug-likeness (QED) is 0.650. The van der Waals surface area contributed by atoms with Crippen LogP contribution in [0.15, 0.2) is 18.3 Å². The minimum atomic E-state index is 0.0866. The average molecular weight is 184 g/mol. The normalized spacial score (nSPS) is 15.4. The Hall–Kier alpha value is -2.07. The van der Waals surface area contributed by atoms with Crippen molar-refractivity contribution in [3.63, 3.8) is 0 Å². The number of rotatable bonds is 1. The second-order valence-electron chi connectivity index (χ2n) is 3.22. The third-order valence-corrected chi connectivity index (χ3v) is 2.27. The molecule has 0 spiro atoms. The van der Waals surface area contributed by atoms with Crippen molar-refractivity contribution in [2.24, 2.45) is 5.92 Å². The molecule has 1 aliphatic rings. The van der Waals surface area contributed by atoms with E-state index in [-0.39, 0.29) is 5.92 Å². The van der Waals surface area contributed by atoms with Crippen molar-refractivity contribution >= 4 is 5.82 Å². The van der Waals surface area contributed by atoms with Gasteiger partial charge in [0.15, 0.2) is 0 Å². The monoisotopic (exact) mass is 184 g/mol. The first kappa shape index (κ1) is 8.52. The minimum absolute atomic E-state index is 0.0866. The van der Waals surface area contributed by atoms with Crippen LogP contribution in [0.3, 0.4) is 0 Å². The summed E-state index contributed by atoms with van der Waals surface area (Å²) in [4.78, 5) is 6.09. The van der Waals surface area contributed by atoms with Gasteiger partial charge in [0.2, 0.25) is 0 Å². The maximum atomic E-state index is 8.83. The summed E-state index contributed by atoms with van der Waals surface area (Å²) in [6.45, 7) is 1.37. The van der Waals surface area contributed by atoms with Gasteiger partial charge in [-0.25, -0.2) is 4.98 Å². The molecule has 1 aromatic heterocycles. The summed E-state index contributed by atoms with van der Waals surface area (Å²) in [5.41, 5.74) is 0.573. The standard InChI is InChI=1S/C10H8N4/c11-4-8-6-14(7-8)10-9(5-12)2-1-3-13-10/h1-3,8H,6-7H2. The molecule has 0 N–H and O–H groups in total. The van der Waals surface area contributed by atoms with Gasteiger partial charge >= 0.3 is 0 Å². The second-order valence-corrected chi connectivity index (χ2v) is 3.22. The smallest absolute Gasteiger partial charge is 0.146 e. The van der Waals surface area contributed by atoms with Gasteiger partial charge in [-0.2, -0.15) is 10.5 Å². The molecule has 0 aliphatic carbocycles. The van der Waals surface area contributed by atoms with E-state index in [9.17, 15) is 0 Å². The van der Waals surface area contributed by atoms with Gasteiger partial charge in [0.05, 0.1) is 17.6 Å². The van der Waals surface area contributed by atoms with Gasteiger partial charge in [-0.15, -0.1) is 0 Å². The van der Waals surface area contributed by atoms with E-state index in [1.54, 1.807) is 18.3 Å². The Morgan fingerprint density at radius 3 is 2.86 bits per heavy atom. The van der Waals surface area contributed by atoms with E-state index in [0.717, 1.165) is 0 Å². The number of nitrogens with zero attached hydrogens (tertiary/aromatic N) is 4. The zero-order valence-corrected chi connectivity index (χ0v) is 7.51. The molecule has 0 aromatic carbocycles. The van der Waals surface area contributed by atoms with Crippen LogP contribution < -0.4 is 4.90 Å². The first-order valence-corrected chi connectivity index (χ1v) is 4.35. The van der Waals surface area contributed by atoms with E-state index in [1.165, 1.54) is 0 Å². The van der Waals surface area contributed by atoms with Crippen LogP contribution in [0.25, 0.3) is 0 Å². The van der Waals surface area contributed by atoms with Crippen LogP contribution in [0.1, 0.15) is 5.56 Å². The second kappa shape index (κ2) is 3.35. The maximum absolute atomic E-state index is 8.83. The Bertz CT molecular complexity index is 420. The number of aromatic nitrogens is 1. The highest BCUT2D eigenvalue weighted by Crippen LogP contribution is 2.24. The molecule has 0 amide bonds. The fourth-order valence-electron chi connectivity index (χ4n) is 1.47. The SMILES string of the molecule is N#Cc1cccnc1N1CC(C#N)C1. The van der Waals surface area contributed by atoms with Crippen molar-refractivity contribution < 1.29 is 0 Å². The lowest BCUT2D eigenvalue weighted by molar-refractivity contribution is 0.499. The highest BCUT2D eigenvalue weighted by molar-refractivity contribution is 5.55. The van der Waals surface area contributed by atoms with Gasteiger partial charge in [0.1, 0.15) is 11.9 Å². The van der Waals surface area contributed by atoms with E-state index in [0.29, 0.717) is 24.5 Å². The number of anilines is 1. The van der Waals surface area contributed by atoms with Crippen molar-refractivity contribution in [1.29, 1.82) is 10.5 Å². The molecule has 0 bridgehead atoms. The number of hydrogen-bond donors (Lipinski definition) is 0. The zero-order chi connectivity index (χ0) is 9.97. The predicted octanol–water partition coefficient (Wildman–Crippen LogP) is 0.913. The van der Waals surface area contributed by atoms with E-state index < -0.39 is 0 Å². The molecular formula is C10H8N4. The topological polar surface area (TPSA) is 63.7 Å². The van der Waals surface area contributed by atoms with Crippen LogP contribution in [-0.2, 0) is 0 Å². The number of hydrogen-bond acceptors (Lipinski definition) is 4. The highest BCUT2D eigenvalue weighted by atomic mass is 15.2. The molecule has 1 fully saturated rings. The first-order valence-electron chi connectivity index (χ1n) is 4.35. The molecule has 68 valence electrons. The van der Waals surface area contributed by atoms with Gasteiger partial charge < -0.3 is 4.90 Å². The summed E-state index contributed by atoms with van der Waals surface area (Å²) in [6.07, 6.45) is 1.66. The van der Waals surface area contributed by atoms with Gasteiger partial charge in [0, 0.05) is 19.3 Å². The predicted molar refractivity (Wildman–Crippen MR) is 50.3 cm³/mol. The van der Waals surface area contributed by atoms with Crippen LogP contribution in [0, 0.1) is 28.6 Å². The molecular weight excluding hydrogens is 176 g/mol. The largest absolute Gasteiger partial charge is 0.353 e. The fourth-order valence-corrected chi connectivity index (χ4v) is 1.47. The molecule has 0 saturated carbocycles. The maximum Gasteiger partial charge on any atom is 0.146 e. The molecule has 0 atom stereocenters. The summed E-state index contributed by atoms with van der Waals surface area (Å²) in [5, 5.41) is 17.4. The van der Waals surface area contributed by atoms with E-state index in [2.05, 4.69) is 17.1 Å². The molecule has 14 heavy (non-hydrogen) atoms. The fraction of sp³-hybridized carbons (Fsp3) is 0.300. The summed E-state index contributed by atoms with van der Waals surface area (Å²) >= 11 is 0. The molecule has 4 heteroatoms. The van der Waals surface area contributed by atoms with Gasteiger partial charge in [0.25, 0.3) is 0 Å². The van der Waals surface area contributed by atoms with Crippen molar-refractivity contribution in [3.8, 4) is 12.1 Å². The van der Waals surface area contributed by atoms with Crippen molar-refractivity contribution in [1.82, 2.24) is 4.98 Å². The lowest BCUT2D eigenvalue weighted by atomic mass is 10.0. The molecule has 2 heterocycles. The highest BCUT2D eigenvalue weighted by Gasteiger charge is 2.28. The van der Waals surface area contributed by atoms with Crippen molar-refractivity contribution in [2.75, 3.05) is 18.0 Å². The Morgan fingerprint density at radius 1 is 1.43 bits per heavy atom. The third kappa shape index (κ3) is 1.27. The van der Waals surface area contributed by atoms with Gasteiger partial charge in [-0.05, 0) is 12.1 Å². The zero-order valence-electron chi connectivity index (χ0n) is 7.51. The van der Waals surface area contributed by atoms with Gasteiger partial charge in [-0.1, -0.05) is 0 Å². The Morgan fingerprint density at radius 2 is 2.21 bits per heavy atom. The summed E-state index contributed by atoms with van der Waals surface area (Å²) in [7, 11) is 0. The lowest BCUT2D eigenvalue weighted by Gasteiger charge is -2.36. The molecule has 2 rings (SSSR count). The minimum Gasteiger partial charge on any atom is -0.353 e. The summed E-state index contributed by atoms with van der Waals surface area (Å²) in [6, 6.07) is 7.75. The van der Waals surface area contributed by atoms with Gasteiger partial charge in [-0.3, -0.25) is 0 Å². The lowest BCUT2D eigenvalue weighted by Crippen LogP contribution is -2.46.